The van der Waals surface area contributed by atoms with Gasteiger partial charge in [0.25, 0.3) is 0 Å². The number of nitrogens with one attached hydrogen (secondary N) is 2. The predicted molar refractivity (Wildman–Crippen MR) is 160 cm³/mol. The molecule has 0 aromatic heterocycles. The van der Waals surface area contributed by atoms with Crippen LogP contribution in [0.5, 0.6) is 0 Å². The minimum Gasteiger partial charge on any atom is -0.461 e. The molecule has 2 atom stereocenters. The first-order valence-corrected chi connectivity index (χ1v) is 14.5. The van der Waals surface area contributed by atoms with Crippen LogP contribution in [-0.4, -0.2) is 73.7 Å². The summed E-state index contributed by atoms with van der Waals surface area (Å²) in [5.41, 5.74) is 3.11. The molecule has 3 rings (SSSR count). The fraction of sp³-hybridized carbons (Fsp3) is 0.469. The second-order valence-corrected chi connectivity index (χ2v) is 10.6. The van der Waals surface area contributed by atoms with E-state index < -0.39 is 11.8 Å². The molecule has 1 aliphatic heterocycles. The third kappa shape index (κ3) is 11.5. The molecule has 11 nitrogen and oxygen atoms in total. The van der Waals surface area contributed by atoms with Gasteiger partial charge in [-0.25, -0.2) is 0 Å². The van der Waals surface area contributed by atoms with E-state index in [0.717, 1.165) is 28.9 Å². The summed E-state index contributed by atoms with van der Waals surface area (Å²) in [6.07, 6.45) is 1.13. The molecule has 43 heavy (non-hydrogen) atoms. The molecule has 2 N–H and O–H groups in total. The van der Waals surface area contributed by atoms with Crippen molar-refractivity contribution in [2.45, 2.75) is 46.8 Å². The highest BCUT2D eigenvalue weighted by Gasteiger charge is 2.36. The number of carbonyl (C=O) groups is 5. The van der Waals surface area contributed by atoms with Crippen LogP contribution in [0.1, 0.15) is 44.7 Å². The molecule has 1 aliphatic rings. The molecular weight excluding hydrogens is 554 g/mol. The van der Waals surface area contributed by atoms with Crippen molar-refractivity contribution in [3.8, 4) is 0 Å². The number of Topliss-reactive ketones (excluding diaryl/α,β-unsaturated/α-hetero) is 2. The topological polar surface area (TPSA) is 140 Å². The number of amides is 1. The van der Waals surface area contributed by atoms with Crippen molar-refractivity contribution in [2.24, 2.45) is 11.8 Å². The summed E-state index contributed by atoms with van der Waals surface area (Å²) in [5.74, 6) is -2.15. The molecule has 0 bridgehead atoms. The van der Waals surface area contributed by atoms with Gasteiger partial charge in [0.15, 0.2) is 11.6 Å². The van der Waals surface area contributed by atoms with E-state index in [1.807, 2.05) is 31.2 Å². The zero-order valence-corrected chi connectivity index (χ0v) is 25.1. The molecule has 2 aromatic rings. The number of anilines is 2. The van der Waals surface area contributed by atoms with E-state index in [0.29, 0.717) is 13.0 Å². The van der Waals surface area contributed by atoms with Crippen molar-refractivity contribution in [1.82, 2.24) is 4.90 Å². The normalized spacial score (nSPS) is 16.2. The van der Waals surface area contributed by atoms with Crippen molar-refractivity contribution in [3.63, 3.8) is 0 Å². The number of ketones is 2. The van der Waals surface area contributed by atoms with Crippen LogP contribution < -0.4 is 10.6 Å². The molecule has 1 amide bonds. The molecular formula is C32H41N3O8. The molecule has 1 fully saturated rings. The summed E-state index contributed by atoms with van der Waals surface area (Å²) in [4.78, 5) is 63.1. The van der Waals surface area contributed by atoms with Crippen molar-refractivity contribution in [2.75, 3.05) is 50.0 Å². The van der Waals surface area contributed by atoms with Crippen LogP contribution in [0.15, 0.2) is 48.5 Å². The monoisotopic (exact) mass is 595 g/mol. The number of likely N-dealkylation sites (tertiary alicyclic amines) is 1. The Morgan fingerprint density at radius 3 is 1.58 bits per heavy atom. The summed E-state index contributed by atoms with van der Waals surface area (Å²) in [6.45, 7) is 5.92. The standard InChI is InChI=1S/C32H41N3O8/c1-4-13-41-21-32(40)35-17-26(30(38)15-33-28-9-5-24(6-10-28)19-42-22(2)36)14-27(18-35)31(39)16-34-29-11-7-25(8-12-29)20-43-23(3)37/h5-12,26-27,33-34H,4,13-21H2,1-3H3. The SMILES string of the molecule is CCCOCC(=O)N1CC(C(=O)CNc2ccc(COC(C)=O)cc2)CC(C(=O)CNc2ccc(COC(C)=O)cc2)C1. The van der Waals surface area contributed by atoms with Crippen LogP contribution in [-0.2, 0) is 51.4 Å². The summed E-state index contributed by atoms with van der Waals surface area (Å²) >= 11 is 0. The number of hydrogen-bond donors (Lipinski definition) is 2. The number of carbonyl (C=O) groups excluding carboxylic acids is 5. The van der Waals surface area contributed by atoms with Crippen LogP contribution in [0.4, 0.5) is 11.4 Å². The summed E-state index contributed by atoms with van der Waals surface area (Å²) in [5, 5.41) is 6.24. The van der Waals surface area contributed by atoms with E-state index in [4.69, 9.17) is 14.2 Å². The van der Waals surface area contributed by atoms with Crippen molar-refractivity contribution >= 4 is 40.8 Å². The first-order chi connectivity index (χ1) is 20.6. The molecule has 2 aromatic carbocycles. The zero-order valence-electron chi connectivity index (χ0n) is 25.1. The fourth-order valence-electron chi connectivity index (χ4n) is 4.64. The highest BCUT2D eigenvalue weighted by Crippen LogP contribution is 2.25. The number of ether oxygens (including phenoxy) is 3. The lowest BCUT2D eigenvalue weighted by atomic mass is 9.84. The predicted octanol–water partition coefficient (Wildman–Crippen LogP) is 3.37. The number of hydrogen-bond acceptors (Lipinski definition) is 10. The number of nitrogens with zero attached hydrogens (tertiary/aromatic N) is 1. The third-order valence-electron chi connectivity index (χ3n) is 7.01. The van der Waals surface area contributed by atoms with E-state index in [2.05, 4.69) is 10.6 Å². The second-order valence-electron chi connectivity index (χ2n) is 10.6. The van der Waals surface area contributed by atoms with E-state index in [1.54, 1.807) is 29.2 Å². The Hall–Kier alpha value is -4.25. The van der Waals surface area contributed by atoms with Crippen molar-refractivity contribution < 1.29 is 38.2 Å². The highest BCUT2D eigenvalue weighted by atomic mass is 16.5. The van der Waals surface area contributed by atoms with Gasteiger partial charge in [-0.2, -0.15) is 0 Å². The van der Waals surface area contributed by atoms with Crippen molar-refractivity contribution in [3.05, 3.63) is 59.7 Å². The Kier molecular flexibility index (Phi) is 13.2. The quantitative estimate of drug-likeness (QED) is 0.219. The highest BCUT2D eigenvalue weighted by molar-refractivity contribution is 5.90. The lowest BCUT2D eigenvalue weighted by Gasteiger charge is -2.36. The van der Waals surface area contributed by atoms with Crippen molar-refractivity contribution in [1.29, 1.82) is 0 Å². The van der Waals surface area contributed by atoms with Gasteiger partial charge >= 0.3 is 11.9 Å². The Morgan fingerprint density at radius 1 is 0.744 bits per heavy atom. The molecule has 0 spiro atoms. The molecule has 1 saturated heterocycles. The summed E-state index contributed by atoms with van der Waals surface area (Å²) in [6, 6.07) is 14.4. The Morgan fingerprint density at radius 2 is 1.19 bits per heavy atom. The molecule has 11 heteroatoms. The van der Waals surface area contributed by atoms with E-state index in [-0.39, 0.29) is 75.4 Å². The second kappa shape index (κ2) is 17.0. The van der Waals surface area contributed by atoms with E-state index in [9.17, 15) is 24.0 Å². The van der Waals surface area contributed by atoms with Crippen LogP contribution >= 0.6 is 0 Å². The van der Waals surface area contributed by atoms with Crippen LogP contribution in [0, 0.1) is 11.8 Å². The molecule has 0 saturated carbocycles. The molecule has 1 heterocycles. The van der Waals surface area contributed by atoms with Gasteiger partial charge in [-0.05, 0) is 48.2 Å². The largest absolute Gasteiger partial charge is 0.461 e. The number of rotatable bonds is 16. The van der Waals surface area contributed by atoms with Gasteiger partial charge < -0.3 is 29.7 Å². The van der Waals surface area contributed by atoms with Gasteiger partial charge in [-0.1, -0.05) is 31.2 Å². The van der Waals surface area contributed by atoms with Gasteiger partial charge in [0.05, 0.1) is 13.1 Å². The first-order valence-electron chi connectivity index (χ1n) is 14.5. The van der Waals surface area contributed by atoms with Crippen LogP contribution in [0.3, 0.4) is 0 Å². The maximum atomic E-state index is 13.3. The van der Waals surface area contributed by atoms with Gasteiger partial charge in [0, 0.05) is 56.8 Å². The lowest BCUT2D eigenvalue weighted by molar-refractivity contribution is -0.143. The minimum atomic E-state index is -0.505. The number of piperidine rings is 1. The zero-order chi connectivity index (χ0) is 31.2. The van der Waals surface area contributed by atoms with Gasteiger partial charge in [-0.15, -0.1) is 0 Å². The average molecular weight is 596 g/mol. The Labute approximate surface area is 252 Å². The number of benzene rings is 2. The molecule has 0 radical (unpaired) electrons. The minimum absolute atomic E-state index is 0.0428. The smallest absolute Gasteiger partial charge is 0.302 e. The molecule has 0 aliphatic carbocycles. The molecule has 2 unspecified atom stereocenters. The maximum absolute atomic E-state index is 13.3. The van der Waals surface area contributed by atoms with Gasteiger partial charge in [0.1, 0.15) is 19.8 Å². The van der Waals surface area contributed by atoms with Crippen LogP contribution in [0.25, 0.3) is 0 Å². The lowest BCUT2D eigenvalue weighted by Crippen LogP contribution is -2.50. The summed E-state index contributed by atoms with van der Waals surface area (Å²) < 4.78 is 15.4. The fourth-order valence-corrected chi connectivity index (χ4v) is 4.64. The third-order valence-corrected chi connectivity index (χ3v) is 7.01. The Bertz CT molecular complexity index is 1160. The average Bonchev–Trinajstić information content (AvgIpc) is 3.01. The van der Waals surface area contributed by atoms with Gasteiger partial charge in [0.2, 0.25) is 5.91 Å². The van der Waals surface area contributed by atoms with E-state index in [1.165, 1.54) is 13.8 Å². The molecule has 232 valence electrons. The summed E-state index contributed by atoms with van der Waals surface area (Å²) in [7, 11) is 0. The first kappa shape index (κ1) is 33.3. The van der Waals surface area contributed by atoms with Gasteiger partial charge in [-0.3, -0.25) is 24.0 Å². The maximum Gasteiger partial charge on any atom is 0.302 e. The van der Waals surface area contributed by atoms with Crippen LogP contribution in [0.2, 0.25) is 0 Å². The number of esters is 2. The Balaban J connectivity index is 1.59. The van der Waals surface area contributed by atoms with E-state index >= 15 is 0 Å².